The lowest BCUT2D eigenvalue weighted by atomic mass is 9.93. The van der Waals surface area contributed by atoms with Gasteiger partial charge < -0.3 is 9.30 Å². The van der Waals surface area contributed by atoms with E-state index in [1.54, 1.807) is 35.5 Å². The van der Waals surface area contributed by atoms with Crippen LogP contribution in [0.25, 0.3) is 22.3 Å². The van der Waals surface area contributed by atoms with E-state index in [2.05, 4.69) is 24.3 Å². The van der Waals surface area contributed by atoms with Crippen molar-refractivity contribution in [1.82, 2.24) is 24.3 Å². The number of anilines is 1. The minimum Gasteiger partial charge on any atom is -0.477 e. The summed E-state index contributed by atoms with van der Waals surface area (Å²) < 4.78 is 26.9. The van der Waals surface area contributed by atoms with E-state index in [1.165, 1.54) is 0 Å². The van der Waals surface area contributed by atoms with Crippen molar-refractivity contribution in [2.24, 2.45) is 23.2 Å². The summed E-state index contributed by atoms with van der Waals surface area (Å²) in [5.41, 5.74) is 4.86. The number of aromatic nitrogens is 5. The Kier molecular flexibility index (Phi) is 6.41. The molecule has 1 N–H and O–H groups in total. The number of nitrogens with one attached hydrogen (secondary N) is 1. The first kappa shape index (κ1) is 25.5. The minimum absolute atomic E-state index is 0.266. The molecule has 0 spiro atoms. The number of pyridine rings is 1. The number of fused-ring (bicyclic) bond motifs is 8. The van der Waals surface area contributed by atoms with Gasteiger partial charge in [-0.25, -0.2) is 13.9 Å². The predicted octanol–water partition coefficient (Wildman–Crippen LogP) is 4.95. The molecule has 2 aliphatic rings. The molecule has 0 radical (unpaired) electrons. The van der Waals surface area contributed by atoms with Crippen LogP contribution in [0.4, 0.5) is 11.6 Å². The number of amides is 1. The molecule has 204 valence electrons. The summed E-state index contributed by atoms with van der Waals surface area (Å²) in [5.74, 6) is 1.77. The summed E-state index contributed by atoms with van der Waals surface area (Å²) in [6.07, 6.45) is 9.29. The predicted molar refractivity (Wildman–Crippen MR) is 152 cm³/mol. The van der Waals surface area contributed by atoms with Crippen LogP contribution in [0.15, 0.2) is 40.9 Å². The zero-order chi connectivity index (χ0) is 27.3. The summed E-state index contributed by atoms with van der Waals surface area (Å²) >= 11 is 0. The van der Waals surface area contributed by atoms with Gasteiger partial charge in [0.25, 0.3) is 5.91 Å². The van der Waals surface area contributed by atoms with Crippen LogP contribution in [0.2, 0.25) is 0 Å². The van der Waals surface area contributed by atoms with Crippen LogP contribution in [-0.4, -0.2) is 53.6 Å². The lowest BCUT2D eigenvalue weighted by molar-refractivity contribution is 0.102. The van der Waals surface area contributed by atoms with E-state index < -0.39 is 9.73 Å². The average molecular weight is 548 g/mol. The topological polar surface area (TPSA) is 116 Å². The standard InChI is InChI=1S/C28H33N7O3S/c1-17-12-20-13-24(30-17)22-15-29-34(2)27(22)38-11-10-18-6-5-7-19(18)16-35-25-14-21(33-39(3,4)37)8-9-23(25)31-28(35)32-26(20)36/h8-9,12-15,18-19H,5-7,10-11,16H2,1-4H3,(H,31,32,36)/t18-,19+/m1/s1. The lowest BCUT2D eigenvalue weighted by Crippen LogP contribution is -2.21. The van der Waals surface area contributed by atoms with Crippen molar-refractivity contribution < 1.29 is 13.7 Å². The fraction of sp³-hybridized carbons (Fsp3) is 0.429. The second kappa shape index (κ2) is 9.78. The normalized spacial score (nSPS) is 19.7. The smallest absolute Gasteiger partial charge is 0.258 e. The van der Waals surface area contributed by atoms with Crippen LogP contribution < -0.4 is 10.1 Å². The molecular weight excluding hydrogens is 514 g/mol. The molecule has 3 aromatic heterocycles. The number of ether oxygens (including phenoxy) is 1. The molecule has 39 heavy (non-hydrogen) atoms. The van der Waals surface area contributed by atoms with E-state index in [4.69, 9.17) is 9.72 Å². The number of hydrogen-bond donors (Lipinski definition) is 1. The molecule has 0 unspecified atom stereocenters. The number of imidazole rings is 1. The highest BCUT2D eigenvalue weighted by molar-refractivity contribution is 7.92. The fourth-order valence-electron chi connectivity index (χ4n) is 5.86. The molecule has 4 aromatic rings. The molecular formula is C28H33N7O3S. The van der Waals surface area contributed by atoms with Gasteiger partial charge >= 0.3 is 0 Å². The minimum atomic E-state index is -2.32. The van der Waals surface area contributed by atoms with Crippen molar-refractivity contribution in [3.05, 3.63) is 47.8 Å². The maximum absolute atomic E-state index is 13.6. The number of nitrogens with zero attached hydrogens (tertiary/aromatic N) is 6. The van der Waals surface area contributed by atoms with Crippen LogP contribution in [0, 0.1) is 18.8 Å². The van der Waals surface area contributed by atoms with Gasteiger partial charge in [-0.05, 0) is 68.4 Å². The molecule has 6 rings (SSSR count). The second-order valence-corrected chi connectivity index (χ2v) is 13.4. The van der Waals surface area contributed by atoms with Crippen molar-refractivity contribution in [3.63, 3.8) is 0 Å². The van der Waals surface area contributed by atoms with Gasteiger partial charge in [-0.3, -0.25) is 15.1 Å². The quantitative estimate of drug-likeness (QED) is 0.360. The maximum Gasteiger partial charge on any atom is 0.258 e. The lowest BCUT2D eigenvalue weighted by Gasteiger charge is -2.22. The maximum atomic E-state index is 13.6. The van der Waals surface area contributed by atoms with Gasteiger partial charge in [0, 0.05) is 47.1 Å². The van der Waals surface area contributed by atoms with Crippen molar-refractivity contribution in [2.45, 2.75) is 39.2 Å². The Morgan fingerprint density at radius 2 is 1.92 bits per heavy atom. The van der Waals surface area contributed by atoms with Gasteiger partial charge in [-0.15, -0.1) is 0 Å². The van der Waals surface area contributed by atoms with E-state index in [1.807, 2.05) is 32.2 Å². The number of aryl methyl sites for hydroxylation is 2. The molecule has 2 atom stereocenters. The molecule has 0 saturated heterocycles. The zero-order valence-corrected chi connectivity index (χ0v) is 23.5. The third-order valence-corrected chi connectivity index (χ3v) is 8.27. The summed E-state index contributed by atoms with van der Waals surface area (Å²) in [6, 6.07) is 9.16. The second-order valence-electron chi connectivity index (χ2n) is 10.9. The highest BCUT2D eigenvalue weighted by atomic mass is 32.2. The Balaban J connectivity index is 1.49. The van der Waals surface area contributed by atoms with E-state index in [9.17, 15) is 9.00 Å². The van der Waals surface area contributed by atoms with Crippen LogP contribution in [0.5, 0.6) is 5.88 Å². The number of carbonyl (C=O) groups excluding carboxylic acids is 1. The molecule has 1 fully saturated rings. The molecule has 4 heterocycles. The van der Waals surface area contributed by atoms with Gasteiger partial charge in [0.2, 0.25) is 11.8 Å². The summed E-state index contributed by atoms with van der Waals surface area (Å²) in [5, 5.41) is 7.48. The average Bonchev–Trinajstić information content (AvgIpc) is 3.56. The summed E-state index contributed by atoms with van der Waals surface area (Å²) in [4.78, 5) is 23.1. The first-order valence-electron chi connectivity index (χ1n) is 13.3. The van der Waals surface area contributed by atoms with Gasteiger partial charge in [-0.1, -0.05) is 6.42 Å². The third-order valence-electron chi connectivity index (χ3n) is 7.62. The van der Waals surface area contributed by atoms with E-state index in [-0.39, 0.29) is 5.91 Å². The monoisotopic (exact) mass is 547 g/mol. The third kappa shape index (κ3) is 5.15. The van der Waals surface area contributed by atoms with Crippen molar-refractivity contribution in [3.8, 4) is 17.1 Å². The van der Waals surface area contributed by atoms with Gasteiger partial charge in [-0.2, -0.15) is 9.46 Å². The first-order chi connectivity index (χ1) is 18.6. The fourth-order valence-corrected chi connectivity index (χ4v) is 6.48. The van der Waals surface area contributed by atoms with Crippen LogP contribution in [0.1, 0.15) is 41.7 Å². The molecule has 1 saturated carbocycles. The Labute approximate surface area is 228 Å². The molecule has 1 amide bonds. The summed E-state index contributed by atoms with van der Waals surface area (Å²) in [7, 11) is -0.466. The molecule has 1 aliphatic carbocycles. The number of hydrogen-bond acceptors (Lipinski definition) is 7. The Morgan fingerprint density at radius 3 is 2.74 bits per heavy atom. The van der Waals surface area contributed by atoms with Crippen LogP contribution in [-0.2, 0) is 23.3 Å². The Hall–Kier alpha value is -3.73. The largest absolute Gasteiger partial charge is 0.477 e. The Morgan fingerprint density at radius 1 is 1.10 bits per heavy atom. The van der Waals surface area contributed by atoms with E-state index in [0.717, 1.165) is 42.3 Å². The van der Waals surface area contributed by atoms with E-state index in [0.29, 0.717) is 59.5 Å². The van der Waals surface area contributed by atoms with E-state index >= 15 is 0 Å². The number of benzene rings is 1. The van der Waals surface area contributed by atoms with Crippen LogP contribution in [0.3, 0.4) is 0 Å². The molecule has 11 heteroatoms. The zero-order valence-electron chi connectivity index (χ0n) is 22.7. The highest BCUT2D eigenvalue weighted by Crippen LogP contribution is 2.38. The van der Waals surface area contributed by atoms with Crippen molar-refractivity contribution in [2.75, 3.05) is 24.4 Å². The van der Waals surface area contributed by atoms with Crippen molar-refractivity contribution >= 4 is 38.3 Å². The number of rotatable bonds is 1. The Bertz CT molecular complexity index is 1710. The summed E-state index contributed by atoms with van der Waals surface area (Å²) in [6.45, 7) is 3.16. The first-order valence-corrected chi connectivity index (χ1v) is 15.6. The molecule has 10 nitrogen and oxygen atoms in total. The molecule has 1 aromatic carbocycles. The van der Waals surface area contributed by atoms with Crippen LogP contribution >= 0.6 is 0 Å². The number of carbonyl (C=O) groups is 1. The highest BCUT2D eigenvalue weighted by Gasteiger charge is 2.30. The molecule has 1 aliphatic heterocycles. The SMILES string of the molecule is Cc1cc2cc(n1)-c1cnn(C)c1OCC[C@H]1CCC[C@H]1Cn1c(nc3ccc(N=S(C)(C)=O)cc31)NC2=O. The van der Waals surface area contributed by atoms with Gasteiger partial charge in [0.05, 0.1) is 40.8 Å². The van der Waals surface area contributed by atoms with Crippen molar-refractivity contribution in [1.29, 1.82) is 0 Å². The van der Waals surface area contributed by atoms with Gasteiger partial charge in [0.15, 0.2) is 0 Å². The van der Waals surface area contributed by atoms with Gasteiger partial charge in [0.1, 0.15) is 0 Å². The molecule has 2 bridgehead atoms.